The molecular weight excluding hydrogens is 294 g/mol. The molecule has 1 saturated heterocycles. The largest absolute Gasteiger partial charge is 0.465 e. The van der Waals surface area contributed by atoms with Crippen molar-refractivity contribution in [3.05, 3.63) is 29.3 Å². The minimum absolute atomic E-state index is 0.101. The summed E-state index contributed by atoms with van der Waals surface area (Å²) in [6, 6.07) is 4.49. The van der Waals surface area contributed by atoms with Crippen molar-refractivity contribution in [3.8, 4) is 0 Å². The van der Waals surface area contributed by atoms with Crippen LogP contribution in [0.5, 0.6) is 0 Å². The van der Waals surface area contributed by atoms with Crippen molar-refractivity contribution in [2.75, 3.05) is 26.9 Å². The van der Waals surface area contributed by atoms with Gasteiger partial charge in [0.2, 0.25) is 10.0 Å². The zero-order chi connectivity index (χ0) is 15.5. The van der Waals surface area contributed by atoms with Crippen molar-refractivity contribution in [1.82, 2.24) is 4.72 Å². The van der Waals surface area contributed by atoms with Crippen LogP contribution < -0.4 is 4.72 Å². The van der Waals surface area contributed by atoms with Gasteiger partial charge >= 0.3 is 5.97 Å². The van der Waals surface area contributed by atoms with Crippen LogP contribution in [0.25, 0.3) is 0 Å². The average molecular weight is 313 g/mol. The average Bonchev–Trinajstić information content (AvgIpc) is 2.98. The number of sulfonamides is 1. The minimum Gasteiger partial charge on any atom is -0.465 e. The lowest BCUT2D eigenvalue weighted by molar-refractivity contribution is 0.0600. The molecule has 0 bridgehead atoms. The van der Waals surface area contributed by atoms with Gasteiger partial charge in [0.15, 0.2) is 0 Å². The Morgan fingerprint density at radius 2 is 2.24 bits per heavy atom. The maximum atomic E-state index is 12.4. The fourth-order valence-corrected chi connectivity index (χ4v) is 3.57. The molecule has 1 fully saturated rings. The Hall–Kier alpha value is -1.44. The number of ether oxygens (including phenoxy) is 2. The molecular formula is C14H19NO5S. The van der Waals surface area contributed by atoms with Gasteiger partial charge in [-0.25, -0.2) is 17.9 Å². The SMILES string of the molecule is COC(=O)c1ccc(C)c(S(=O)(=O)NCC2CCOC2)c1. The highest BCUT2D eigenvalue weighted by Gasteiger charge is 2.22. The summed E-state index contributed by atoms with van der Waals surface area (Å²) in [5.74, 6) is -0.362. The summed E-state index contributed by atoms with van der Waals surface area (Å²) < 4.78 is 37.2. The molecule has 1 aliphatic heterocycles. The Morgan fingerprint density at radius 3 is 2.86 bits per heavy atom. The molecule has 0 radical (unpaired) electrons. The zero-order valence-electron chi connectivity index (χ0n) is 12.1. The second-order valence-corrected chi connectivity index (χ2v) is 6.79. The molecule has 1 heterocycles. The fourth-order valence-electron chi connectivity index (χ4n) is 2.18. The van der Waals surface area contributed by atoms with Crippen LogP contribution in [0.2, 0.25) is 0 Å². The third-order valence-corrected chi connectivity index (χ3v) is 5.05. The first-order chi connectivity index (χ1) is 9.94. The van der Waals surface area contributed by atoms with E-state index >= 15 is 0 Å². The van der Waals surface area contributed by atoms with Crippen LogP contribution in [0.4, 0.5) is 0 Å². The van der Waals surface area contributed by atoms with Crippen LogP contribution in [0, 0.1) is 12.8 Å². The van der Waals surface area contributed by atoms with Crippen molar-refractivity contribution >= 4 is 16.0 Å². The first kappa shape index (κ1) is 15.9. The smallest absolute Gasteiger partial charge is 0.337 e. The molecule has 1 N–H and O–H groups in total. The van der Waals surface area contributed by atoms with Gasteiger partial charge in [-0.1, -0.05) is 6.07 Å². The van der Waals surface area contributed by atoms with Crippen molar-refractivity contribution in [2.45, 2.75) is 18.2 Å². The number of benzene rings is 1. The maximum absolute atomic E-state index is 12.4. The standard InChI is InChI=1S/C14H19NO5S/c1-10-3-4-12(14(16)19-2)7-13(10)21(17,18)15-8-11-5-6-20-9-11/h3-4,7,11,15H,5-6,8-9H2,1-2H3. The molecule has 0 spiro atoms. The number of methoxy groups -OCH3 is 1. The predicted molar refractivity (Wildman–Crippen MR) is 76.6 cm³/mol. The summed E-state index contributed by atoms with van der Waals surface area (Å²) in [6.07, 6.45) is 0.851. The Labute approximate surface area is 124 Å². The van der Waals surface area contributed by atoms with E-state index in [-0.39, 0.29) is 16.4 Å². The molecule has 21 heavy (non-hydrogen) atoms. The minimum atomic E-state index is -3.66. The fraction of sp³-hybridized carbons (Fsp3) is 0.500. The van der Waals surface area contributed by atoms with E-state index in [1.54, 1.807) is 19.1 Å². The number of nitrogens with one attached hydrogen (secondary N) is 1. The van der Waals surface area contributed by atoms with E-state index in [9.17, 15) is 13.2 Å². The summed E-state index contributed by atoms with van der Waals surface area (Å²) in [5.41, 5.74) is 0.797. The molecule has 1 aliphatic rings. The monoisotopic (exact) mass is 313 g/mol. The molecule has 116 valence electrons. The molecule has 7 heteroatoms. The van der Waals surface area contributed by atoms with Gasteiger partial charge in [-0.15, -0.1) is 0 Å². The highest BCUT2D eigenvalue weighted by atomic mass is 32.2. The first-order valence-corrected chi connectivity index (χ1v) is 8.18. The summed E-state index contributed by atoms with van der Waals surface area (Å²) in [7, 11) is -2.40. The molecule has 2 rings (SSSR count). The molecule has 0 amide bonds. The van der Waals surface area contributed by atoms with Crippen LogP contribution in [-0.2, 0) is 19.5 Å². The van der Waals surface area contributed by atoms with Gasteiger partial charge in [0, 0.05) is 13.2 Å². The quantitative estimate of drug-likeness (QED) is 0.823. The number of hydrogen-bond acceptors (Lipinski definition) is 5. The lowest BCUT2D eigenvalue weighted by Gasteiger charge is -2.13. The van der Waals surface area contributed by atoms with Crippen molar-refractivity contribution in [2.24, 2.45) is 5.92 Å². The van der Waals surface area contributed by atoms with Gasteiger partial charge in [0.05, 0.1) is 24.2 Å². The molecule has 1 aromatic carbocycles. The Kier molecular flexibility index (Phi) is 4.97. The van der Waals surface area contributed by atoms with Gasteiger partial charge < -0.3 is 9.47 Å². The molecule has 0 aromatic heterocycles. The van der Waals surface area contributed by atoms with Crippen molar-refractivity contribution in [1.29, 1.82) is 0 Å². The summed E-state index contributed by atoms with van der Waals surface area (Å²) in [4.78, 5) is 11.6. The van der Waals surface area contributed by atoms with Gasteiger partial charge in [0.25, 0.3) is 0 Å². The lowest BCUT2D eigenvalue weighted by Crippen LogP contribution is -2.30. The lowest BCUT2D eigenvalue weighted by atomic mass is 10.1. The van der Waals surface area contributed by atoms with E-state index in [4.69, 9.17) is 4.74 Å². The van der Waals surface area contributed by atoms with Crippen molar-refractivity contribution in [3.63, 3.8) is 0 Å². The zero-order valence-corrected chi connectivity index (χ0v) is 12.9. The highest BCUT2D eigenvalue weighted by Crippen LogP contribution is 2.19. The van der Waals surface area contributed by atoms with Gasteiger partial charge in [-0.05, 0) is 37.0 Å². The topological polar surface area (TPSA) is 81.7 Å². The number of rotatable bonds is 5. The van der Waals surface area contributed by atoms with Crippen LogP contribution in [0.15, 0.2) is 23.1 Å². The van der Waals surface area contributed by atoms with Gasteiger partial charge in [-0.2, -0.15) is 0 Å². The van der Waals surface area contributed by atoms with E-state index in [2.05, 4.69) is 9.46 Å². The number of carbonyl (C=O) groups is 1. The normalized spacial score (nSPS) is 18.7. The van der Waals surface area contributed by atoms with Crippen molar-refractivity contribution < 1.29 is 22.7 Å². The van der Waals surface area contributed by atoms with Crippen LogP contribution in [-0.4, -0.2) is 41.3 Å². The molecule has 1 unspecified atom stereocenters. The van der Waals surface area contributed by atoms with Crippen LogP contribution in [0.3, 0.4) is 0 Å². The van der Waals surface area contributed by atoms with Gasteiger partial charge in [0.1, 0.15) is 0 Å². The molecule has 0 aliphatic carbocycles. The Bertz CT molecular complexity index is 620. The Balaban J connectivity index is 2.19. The molecule has 1 aromatic rings. The number of hydrogen-bond donors (Lipinski definition) is 1. The third-order valence-electron chi connectivity index (χ3n) is 3.48. The second-order valence-electron chi connectivity index (χ2n) is 5.05. The number of carbonyl (C=O) groups excluding carboxylic acids is 1. The van der Waals surface area contributed by atoms with Gasteiger partial charge in [-0.3, -0.25) is 0 Å². The summed E-state index contributed by atoms with van der Waals surface area (Å²) >= 11 is 0. The van der Waals surface area contributed by atoms with E-state index < -0.39 is 16.0 Å². The predicted octanol–water partition coefficient (Wildman–Crippen LogP) is 1.10. The summed E-state index contributed by atoms with van der Waals surface area (Å²) in [6.45, 7) is 3.27. The second kappa shape index (κ2) is 6.55. The van der Waals surface area contributed by atoms with Crippen LogP contribution >= 0.6 is 0 Å². The van der Waals surface area contributed by atoms with E-state index in [1.807, 2.05) is 0 Å². The summed E-state index contributed by atoms with van der Waals surface area (Å²) in [5, 5.41) is 0. The molecule has 6 nitrogen and oxygen atoms in total. The van der Waals surface area contributed by atoms with E-state index in [1.165, 1.54) is 13.2 Å². The van der Waals surface area contributed by atoms with E-state index in [0.717, 1.165) is 6.42 Å². The third kappa shape index (κ3) is 3.81. The Morgan fingerprint density at radius 1 is 1.48 bits per heavy atom. The molecule has 0 saturated carbocycles. The maximum Gasteiger partial charge on any atom is 0.337 e. The highest BCUT2D eigenvalue weighted by molar-refractivity contribution is 7.89. The number of esters is 1. The first-order valence-electron chi connectivity index (χ1n) is 6.70. The number of aryl methyl sites for hydroxylation is 1. The molecule has 1 atom stereocenters. The van der Waals surface area contributed by atoms with Crippen LogP contribution in [0.1, 0.15) is 22.3 Å². The van der Waals surface area contributed by atoms with E-state index in [0.29, 0.717) is 25.3 Å².